The maximum atomic E-state index is 12.2. The number of aryl methyl sites for hydroxylation is 1. The first-order chi connectivity index (χ1) is 26.8. The van der Waals surface area contributed by atoms with Crippen LogP contribution in [0.4, 0.5) is 0 Å². The van der Waals surface area contributed by atoms with Crippen molar-refractivity contribution in [3.63, 3.8) is 0 Å². The number of aliphatic hydroxyl groups is 1. The van der Waals surface area contributed by atoms with Gasteiger partial charge >= 0.3 is 23.9 Å². The first kappa shape index (κ1) is 43.1. The van der Waals surface area contributed by atoms with Gasteiger partial charge in [-0.2, -0.15) is 0 Å². The summed E-state index contributed by atoms with van der Waals surface area (Å²) in [6.07, 6.45) is -6.11. The standard InChI is InChI=1S/C38H45N3O12S3/c1-20-40-41-38(56-20)55-19-29-14-30(27-10-8-26(17-42)9-11-27)53-37(51-29)28-12-6-25(7-13-28)16-39-33(54)15-31-34(48-22(3)44)36(50-24(5)46)35(49-23(4)45)32(52-31)18-47-21(2)43/h6-13,29-32,34-37,42H,14-19H2,1-5H3,(H,39,54)/t29-,30+,31-,32+,34-,35+,36+,37?/m0/s1. The molecule has 2 aliphatic heterocycles. The smallest absolute Gasteiger partial charge is 0.303 e. The minimum Gasteiger partial charge on any atom is -0.463 e. The third-order valence-corrected chi connectivity index (χ3v) is 11.1. The van der Waals surface area contributed by atoms with Crippen LogP contribution >= 0.6 is 35.3 Å². The molecule has 0 radical (unpaired) electrons. The summed E-state index contributed by atoms with van der Waals surface area (Å²) < 4.78 is 41.7. The van der Waals surface area contributed by atoms with Crippen LogP contribution in [0, 0.1) is 6.92 Å². The lowest BCUT2D eigenvalue weighted by Crippen LogP contribution is -2.62. The summed E-state index contributed by atoms with van der Waals surface area (Å²) in [7, 11) is 0. The molecule has 0 aliphatic carbocycles. The van der Waals surface area contributed by atoms with E-state index in [0.29, 0.717) is 23.7 Å². The highest BCUT2D eigenvalue weighted by atomic mass is 32.2. The summed E-state index contributed by atoms with van der Waals surface area (Å²) in [5.74, 6) is -2.05. The topological polar surface area (TPSA) is 191 Å². The fourth-order valence-corrected chi connectivity index (χ4v) is 8.35. The number of aliphatic hydroxyl groups excluding tert-OH is 1. The molecule has 18 heteroatoms. The molecule has 8 atom stereocenters. The van der Waals surface area contributed by atoms with Crippen molar-refractivity contribution in [1.29, 1.82) is 0 Å². The Bertz CT molecular complexity index is 1830. The average molecular weight is 832 g/mol. The third-order valence-electron chi connectivity index (χ3n) is 8.73. The largest absolute Gasteiger partial charge is 0.463 e. The van der Waals surface area contributed by atoms with Crippen LogP contribution in [-0.4, -0.2) is 93.2 Å². The average Bonchev–Trinajstić information content (AvgIpc) is 3.59. The van der Waals surface area contributed by atoms with Crippen LogP contribution in [0.15, 0.2) is 52.9 Å². The number of esters is 4. The van der Waals surface area contributed by atoms with E-state index in [-0.39, 0.29) is 31.8 Å². The van der Waals surface area contributed by atoms with Crippen molar-refractivity contribution in [1.82, 2.24) is 15.5 Å². The summed E-state index contributed by atoms with van der Waals surface area (Å²) in [4.78, 5) is 48.4. The van der Waals surface area contributed by atoms with E-state index in [1.54, 1.807) is 11.8 Å². The predicted octanol–water partition coefficient (Wildman–Crippen LogP) is 4.61. The lowest BCUT2D eigenvalue weighted by molar-refractivity contribution is -0.251. The van der Waals surface area contributed by atoms with Gasteiger partial charge in [0, 0.05) is 58.4 Å². The van der Waals surface area contributed by atoms with E-state index in [9.17, 15) is 24.3 Å². The Kier molecular flexibility index (Phi) is 15.7. The van der Waals surface area contributed by atoms with Gasteiger partial charge < -0.3 is 43.6 Å². The van der Waals surface area contributed by atoms with Gasteiger partial charge in [0.05, 0.1) is 23.8 Å². The van der Waals surface area contributed by atoms with E-state index in [0.717, 1.165) is 38.5 Å². The molecule has 1 unspecified atom stereocenters. The van der Waals surface area contributed by atoms with E-state index >= 15 is 0 Å². The zero-order chi connectivity index (χ0) is 40.4. The lowest BCUT2D eigenvalue weighted by Gasteiger charge is -2.44. The highest BCUT2D eigenvalue weighted by Crippen LogP contribution is 2.40. The van der Waals surface area contributed by atoms with Crippen molar-refractivity contribution in [2.24, 2.45) is 0 Å². The fraction of sp³-hybridized carbons (Fsp3) is 0.500. The van der Waals surface area contributed by atoms with Crippen LogP contribution in [-0.2, 0) is 65.5 Å². The zero-order valence-corrected chi connectivity index (χ0v) is 34.0. The number of rotatable bonds is 15. The van der Waals surface area contributed by atoms with E-state index in [2.05, 4.69) is 15.5 Å². The number of carbonyl (C=O) groups excluding carboxylic acids is 4. The Labute approximate surface area is 338 Å². The molecule has 3 heterocycles. The molecule has 0 saturated carbocycles. The number of thioether (sulfide) groups is 1. The fourth-order valence-electron chi connectivity index (χ4n) is 6.25. The van der Waals surface area contributed by atoms with E-state index < -0.39 is 60.7 Å². The molecule has 1 aromatic heterocycles. The van der Waals surface area contributed by atoms with Crippen LogP contribution in [0.3, 0.4) is 0 Å². The summed E-state index contributed by atoms with van der Waals surface area (Å²) >= 11 is 8.81. The molecule has 0 bridgehead atoms. The second-order valence-corrected chi connectivity index (χ2v) is 16.1. The number of benzene rings is 2. The Morgan fingerprint density at radius 1 is 0.821 bits per heavy atom. The first-order valence-corrected chi connectivity index (χ1v) is 20.1. The van der Waals surface area contributed by atoms with Crippen LogP contribution < -0.4 is 5.32 Å². The Morgan fingerprint density at radius 2 is 1.43 bits per heavy atom. The number of hydrogen-bond acceptors (Lipinski definition) is 17. The van der Waals surface area contributed by atoms with E-state index in [4.69, 9.17) is 45.4 Å². The molecular formula is C38H45N3O12S3. The molecule has 2 aromatic carbocycles. The number of thiocarbonyl (C=S) groups is 1. The summed E-state index contributed by atoms with van der Waals surface area (Å²) in [6, 6.07) is 15.4. The van der Waals surface area contributed by atoms with Crippen LogP contribution in [0.5, 0.6) is 0 Å². The van der Waals surface area contributed by atoms with Crippen LogP contribution in [0.2, 0.25) is 0 Å². The van der Waals surface area contributed by atoms with Gasteiger partial charge in [-0.05, 0) is 23.6 Å². The number of ether oxygens (including phenoxy) is 7. The summed E-state index contributed by atoms with van der Waals surface area (Å²) in [5.41, 5.74) is 3.52. The summed E-state index contributed by atoms with van der Waals surface area (Å²) in [6.45, 7) is 6.62. The van der Waals surface area contributed by atoms with Gasteiger partial charge in [-0.15, -0.1) is 10.2 Å². The van der Waals surface area contributed by atoms with Gasteiger partial charge in [0.2, 0.25) is 0 Å². The van der Waals surface area contributed by atoms with Crippen molar-refractivity contribution >= 4 is 64.2 Å². The monoisotopic (exact) mass is 831 g/mol. The van der Waals surface area contributed by atoms with Crippen molar-refractivity contribution in [2.45, 2.75) is 114 Å². The van der Waals surface area contributed by atoms with Crippen LogP contribution in [0.25, 0.3) is 0 Å². The number of hydrogen-bond donors (Lipinski definition) is 2. The SMILES string of the molecule is CC(=O)OC[C@H]1O[C@@H](CC(=S)NCc2ccc(C3O[C@H](CSc4nnc(C)s4)C[C@H](c4ccc(CO)cc4)O3)cc2)[C@H](OC(C)=O)[C@@H](OC(C)=O)[C@@H]1OC(C)=O. The number of nitrogens with zero attached hydrogens (tertiary/aromatic N) is 2. The minimum absolute atomic E-state index is 0.0208. The van der Waals surface area contributed by atoms with E-state index in [1.807, 2.05) is 55.5 Å². The highest BCUT2D eigenvalue weighted by molar-refractivity contribution is 8.01. The van der Waals surface area contributed by atoms with Crippen molar-refractivity contribution in [3.05, 3.63) is 75.8 Å². The molecule has 5 rings (SSSR count). The lowest BCUT2D eigenvalue weighted by atomic mass is 9.92. The third kappa shape index (κ3) is 12.5. The Balaban J connectivity index is 1.26. The maximum absolute atomic E-state index is 12.2. The van der Waals surface area contributed by atoms with Gasteiger partial charge in [-0.25, -0.2) is 0 Å². The number of nitrogens with one attached hydrogen (secondary N) is 1. The molecule has 2 saturated heterocycles. The second-order valence-electron chi connectivity index (χ2n) is 13.2. The van der Waals surface area contributed by atoms with E-state index in [1.165, 1.54) is 32.1 Å². The molecule has 56 heavy (non-hydrogen) atoms. The van der Waals surface area contributed by atoms with Gasteiger partial charge in [0.15, 0.2) is 28.9 Å². The van der Waals surface area contributed by atoms with Gasteiger partial charge in [0.25, 0.3) is 0 Å². The maximum Gasteiger partial charge on any atom is 0.303 e. The highest BCUT2D eigenvalue weighted by Gasteiger charge is 2.52. The normalized spacial score (nSPS) is 24.8. The van der Waals surface area contributed by atoms with Gasteiger partial charge in [-0.3, -0.25) is 19.2 Å². The second kappa shape index (κ2) is 20.4. The Hall–Kier alpha value is -4.04. The molecule has 15 nitrogen and oxygen atoms in total. The molecule has 3 aromatic rings. The van der Waals surface area contributed by atoms with Crippen LogP contribution in [0.1, 0.15) is 80.2 Å². The molecule has 0 amide bonds. The molecule has 0 spiro atoms. The molecule has 2 fully saturated rings. The van der Waals surface area contributed by atoms with Gasteiger partial charge in [0.1, 0.15) is 23.8 Å². The van der Waals surface area contributed by atoms with Crippen molar-refractivity contribution in [3.8, 4) is 0 Å². The quantitative estimate of drug-likeness (QED) is 0.0934. The molecular weight excluding hydrogens is 787 g/mol. The van der Waals surface area contributed by atoms with Crippen molar-refractivity contribution in [2.75, 3.05) is 12.4 Å². The molecule has 2 N–H and O–H groups in total. The first-order valence-electron chi connectivity index (χ1n) is 17.9. The van der Waals surface area contributed by atoms with Gasteiger partial charge in [-0.1, -0.05) is 83.8 Å². The minimum atomic E-state index is -1.27. The summed E-state index contributed by atoms with van der Waals surface area (Å²) in [5, 5.41) is 22.0. The Morgan fingerprint density at radius 3 is 2.02 bits per heavy atom. The predicted molar refractivity (Wildman–Crippen MR) is 206 cm³/mol. The number of aromatic nitrogens is 2. The molecule has 302 valence electrons. The molecule has 2 aliphatic rings. The number of carbonyl (C=O) groups is 4. The van der Waals surface area contributed by atoms with Crippen molar-refractivity contribution < 1.29 is 57.4 Å². The zero-order valence-electron chi connectivity index (χ0n) is 31.5.